The highest BCUT2D eigenvalue weighted by Gasteiger charge is 2.28. The van der Waals surface area contributed by atoms with Crippen molar-refractivity contribution in [2.45, 2.75) is 31.1 Å². The van der Waals surface area contributed by atoms with E-state index in [0.717, 1.165) is 17.7 Å². The molecule has 0 radical (unpaired) electrons. The van der Waals surface area contributed by atoms with Gasteiger partial charge in [0, 0.05) is 12.1 Å². The van der Waals surface area contributed by atoms with Crippen molar-refractivity contribution in [3.8, 4) is 5.75 Å². The summed E-state index contributed by atoms with van der Waals surface area (Å²) in [6.07, 6.45) is 0.480. The van der Waals surface area contributed by atoms with Crippen LogP contribution in [0.1, 0.15) is 23.7 Å². The lowest BCUT2D eigenvalue weighted by molar-refractivity contribution is 0.0630. The summed E-state index contributed by atoms with van der Waals surface area (Å²) in [5.74, 6) is 0.739. The molecule has 3 atom stereocenters. The molecule has 0 spiro atoms. The van der Waals surface area contributed by atoms with E-state index in [4.69, 9.17) is 4.74 Å². The summed E-state index contributed by atoms with van der Waals surface area (Å²) < 4.78 is 5.66. The fraction of sp³-hybridized carbons (Fsp3) is 0.368. The van der Waals surface area contributed by atoms with Crippen molar-refractivity contribution in [2.24, 2.45) is 0 Å². The van der Waals surface area contributed by atoms with Gasteiger partial charge in [-0.3, -0.25) is 0 Å². The Bertz CT molecular complexity index is 617. The van der Waals surface area contributed by atoms with Crippen LogP contribution in [0.5, 0.6) is 5.75 Å². The van der Waals surface area contributed by atoms with Gasteiger partial charge in [-0.1, -0.05) is 48.5 Å². The lowest BCUT2D eigenvalue weighted by Gasteiger charge is -2.31. The van der Waals surface area contributed by atoms with E-state index >= 15 is 0 Å². The molecule has 23 heavy (non-hydrogen) atoms. The van der Waals surface area contributed by atoms with Gasteiger partial charge in [0.1, 0.15) is 18.5 Å². The summed E-state index contributed by atoms with van der Waals surface area (Å²) in [6.45, 7) is 0.851. The van der Waals surface area contributed by atoms with Crippen LogP contribution in [0.15, 0.2) is 54.6 Å². The maximum atomic E-state index is 10.4. The number of benzene rings is 2. The first-order valence-corrected chi connectivity index (χ1v) is 8.09. The number of fused-ring (bicyclic) bond motifs is 1. The monoisotopic (exact) mass is 313 g/mol. The van der Waals surface area contributed by atoms with Crippen LogP contribution < -0.4 is 10.1 Å². The van der Waals surface area contributed by atoms with Crippen LogP contribution in [0, 0.1) is 0 Å². The fourth-order valence-corrected chi connectivity index (χ4v) is 2.88. The number of nitrogens with one attached hydrogen (secondary N) is 1. The molecular weight excluding hydrogens is 290 g/mol. The summed E-state index contributed by atoms with van der Waals surface area (Å²) in [7, 11) is 0. The number of para-hydroxylation sites is 1. The predicted molar refractivity (Wildman–Crippen MR) is 89.5 cm³/mol. The Balaban J connectivity index is 1.47. The lowest BCUT2D eigenvalue weighted by atomic mass is 9.99. The van der Waals surface area contributed by atoms with E-state index in [-0.39, 0.29) is 6.04 Å². The zero-order valence-electron chi connectivity index (χ0n) is 13.1. The summed E-state index contributed by atoms with van der Waals surface area (Å²) >= 11 is 0. The van der Waals surface area contributed by atoms with Gasteiger partial charge in [-0.25, -0.2) is 0 Å². The number of hydrogen-bond acceptors (Lipinski definition) is 4. The Hall–Kier alpha value is -1.88. The Kier molecular flexibility index (Phi) is 5.28. The smallest absolute Gasteiger partial charge is 0.125 e. The molecule has 3 rings (SSSR count). The van der Waals surface area contributed by atoms with Gasteiger partial charge in [0.25, 0.3) is 0 Å². The minimum Gasteiger partial charge on any atom is -0.491 e. The maximum absolute atomic E-state index is 10.4. The zero-order chi connectivity index (χ0) is 16.1. The van der Waals surface area contributed by atoms with Crippen LogP contribution >= 0.6 is 0 Å². The van der Waals surface area contributed by atoms with Gasteiger partial charge < -0.3 is 20.3 Å². The third kappa shape index (κ3) is 4.10. The normalized spacial score (nSPS) is 21.3. The van der Waals surface area contributed by atoms with Crippen LogP contribution in [-0.4, -0.2) is 35.5 Å². The molecule has 0 saturated heterocycles. The maximum Gasteiger partial charge on any atom is 0.125 e. The van der Waals surface area contributed by atoms with Crippen molar-refractivity contribution >= 4 is 0 Å². The summed E-state index contributed by atoms with van der Waals surface area (Å²) in [5.41, 5.74) is 2.02. The van der Waals surface area contributed by atoms with E-state index in [1.165, 1.54) is 5.56 Å². The summed E-state index contributed by atoms with van der Waals surface area (Å²) in [5, 5.41) is 23.8. The van der Waals surface area contributed by atoms with Crippen molar-refractivity contribution in [3.63, 3.8) is 0 Å². The van der Waals surface area contributed by atoms with Crippen LogP contribution in [-0.2, 0) is 6.42 Å². The first kappa shape index (κ1) is 16.0. The highest BCUT2D eigenvalue weighted by molar-refractivity contribution is 5.37. The number of aliphatic hydroxyl groups is 2. The largest absolute Gasteiger partial charge is 0.491 e. The standard InChI is InChI=1S/C19H23NO3/c21-15(11-10-14-6-2-1-3-7-14)12-20-17-13-23-18-9-5-4-8-16(18)19(17)22/h1-9,15,17,19-22H,10-13H2. The van der Waals surface area contributed by atoms with Gasteiger partial charge in [0.2, 0.25) is 0 Å². The molecule has 1 heterocycles. The van der Waals surface area contributed by atoms with E-state index in [2.05, 4.69) is 17.4 Å². The highest BCUT2D eigenvalue weighted by atomic mass is 16.5. The fourth-order valence-electron chi connectivity index (χ4n) is 2.88. The molecule has 4 heteroatoms. The molecule has 0 fully saturated rings. The van der Waals surface area contributed by atoms with Crippen LogP contribution in [0.25, 0.3) is 0 Å². The molecule has 0 aromatic heterocycles. The quantitative estimate of drug-likeness (QED) is 0.764. The minimum atomic E-state index is -0.610. The molecule has 3 unspecified atom stereocenters. The Labute approximate surface area is 136 Å². The molecule has 0 saturated carbocycles. The average Bonchev–Trinajstić information content (AvgIpc) is 2.60. The molecule has 0 aliphatic carbocycles. The Morgan fingerprint density at radius 1 is 1.09 bits per heavy atom. The first-order valence-electron chi connectivity index (χ1n) is 8.09. The van der Waals surface area contributed by atoms with Gasteiger partial charge in [0.15, 0.2) is 0 Å². The Morgan fingerprint density at radius 2 is 1.83 bits per heavy atom. The van der Waals surface area contributed by atoms with Crippen molar-refractivity contribution in [1.29, 1.82) is 0 Å². The van der Waals surface area contributed by atoms with E-state index < -0.39 is 12.2 Å². The predicted octanol–water partition coefficient (Wildman–Crippen LogP) is 2.06. The molecule has 0 amide bonds. The van der Waals surface area contributed by atoms with Crippen molar-refractivity contribution < 1.29 is 14.9 Å². The summed E-state index contributed by atoms with van der Waals surface area (Å²) in [6, 6.07) is 17.5. The van der Waals surface area contributed by atoms with E-state index in [9.17, 15) is 10.2 Å². The Morgan fingerprint density at radius 3 is 2.65 bits per heavy atom. The number of rotatable bonds is 6. The van der Waals surface area contributed by atoms with Crippen LogP contribution in [0.2, 0.25) is 0 Å². The number of aliphatic hydroxyl groups excluding tert-OH is 2. The third-order valence-electron chi connectivity index (χ3n) is 4.26. The highest BCUT2D eigenvalue weighted by Crippen LogP contribution is 2.31. The van der Waals surface area contributed by atoms with E-state index in [0.29, 0.717) is 19.6 Å². The van der Waals surface area contributed by atoms with Crippen molar-refractivity contribution in [3.05, 3.63) is 65.7 Å². The molecule has 122 valence electrons. The molecule has 4 nitrogen and oxygen atoms in total. The number of hydrogen-bond donors (Lipinski definition) is 3. The van der Waals surface area contributed by atoms with Gasteiger partial charge in [-0.2, -0.15) is 0 Å². The van der Waals surface area contributed by atoms with Crippen LogP contribution in [0.4, 0.5) is 0 Å². The third-order valence-corrected chi connectivity index (χ3v) is 4.26. The first-order chi connectivity index (χ1) is 11.2. The lowest BCUT2D eigenvalue weighted by Crippen LogP contribution is -2.45. The van der Waals surface area contributed by atoms with Gasteiger partial charge in [-0.05, 0) is 24.5 Å². The number of ether oxygens (including phenoxy) is 1. The van der Waals surface area contributed by atoms with Gasteiger partial charge >= 0.3 is 0 Å². The molecular formula is C19H23NO3. The van der Waals surface area contributed by atoms with E-state index in [1.54, 1.807) is 0 Å². The summed E-state index contributed by atoms with van der Waals surface area (Å²) in [4.78, 5) is 0. The van der Waals surface area contributed by atoms with Gasteiger partial charge in [0.05, 0.1) is 12.1 Å². The second-order valence-corrected chi connectivity index (χ2v) is 5.99. The van der Waals surface area contributed by atoms with Gasteiger partial charge in [-0.15, -0.1) is 0 Å². The topological polar surface area (TPSA) is 61.7 Å². The van der Waals surface area contributed by atoms with Crippen molar-refractivity contribution in [1.82, 2.24) is 5.32 Å². The second kappa shape index (κ2) is 7.59. The molecule has 1 aliphatic heterocycles. The molecule has 0 bridgehead atoms. The SMILES string of the molecule is OC(CCc1ccccc1)CNC1COc2ccccc2C1O. The number of aryl methyl sites for hydroxylation is 1. The zero-order valence-corrected chi connectivity index (χ0v) is 13.1. The van der Waals surface area contributed by atoms with E-state index in [1.807, 2.05) is 42.5 Å². The second-order valence-electron chi connectivity index (χ2n) is 5.99. The minimum absolute atomic E-state index is 0.198. The molecule has 1 aliphatic rings. The molecule has 2 aromatic carbocycles. The van der Waals surface area contributed by atoms with Crippen LogP contribution in [0.3, 0.4) is 0 Å². The molecule has 2 aromatic rings. The van der Waals surface area contributed by atoms with Crippen molar-refractivity contribution in [2.75, 3.05) is 13.2 Å². The molecule has 3 N–H and O–H groups in total. The average molecular weight is 313 g/mol.